The molecule has 0 aliphatic carbocycles. The third kappa shape index (κ3) is 3.10. The van der Waals surface area contributed by atoms with Crippen molar-refractivity contribution in [1.82, 2.24) is 15.3 Å². The van der Waals surface area contributed by atoms with Crippen molar-refractivity contribution in [2.24, 2.45) is 0 Å². The molecule has 0 radical (unpaired) electrons. The van der Waals surface area contributed by atoms with Crippen LogP contribution in [0.25, 0.3) is 0 Å². The molecule has 17 heavy (non-hydrogen) atoms. The van der Waals surface area contributed by atoms with Crippen LogP contribution >= 0.6 is 0 Å². The average molecular weight is 224 g/mol. The number of hydrogen-bond acceptors (Lipinski definition) is 4. The molecule has 0 saturated carbocycles. The quantitative estimate of drug-likeness (QED) is 0.860. The van der Waals surface area contributed by atoms with Crippen molar-refractivity contribution >= 4 is 0 Å². The molecule has 4 nitrogen and oxygen atoms in total. The van der Waals surface area contributed by atoms with Crippen LogP contribution in [0, 0.1) is 11.3 Å². The molecule has 84 valence electrons. The van der Waals surface area contributed by atoms with Crippen molar-refractivity contribution in [3.63, 3.8) is 0 Å². The van der Waals surface area contributed by atoms with E-state index in [1.54, 1.807) is 18.6 Å². The first-order valence-corrected chi connectivity index (χ1v) is 5.33. The van der Waals surface area contributed by atoms with E-state index >= 15 is 0 Å². The smallest absolute Gasteiger partial charge is 0.121 e. The van der Waals surface area contributed by atoms with Gasteiger partial charge in [0.05, 0.1) is 11.8 Å². The topological polar surface area (TPSA) is 61.6 Å². The van der Waals surface area contributed by atoms with Crippen molar-refractivity contribution < 1.29 is 0 Å². The lowest BCUT2D eigenvalue weighted by molar-refractivity contribution is 0.620. The normalized spacial score (nSPS) is 11.7. The third-order valence-corrected chi connectivity index (χ3v) is 2.38. The molecule has 0 bridgehead atoms. The second-order valence-corrected chi connectivity index (χ2v) is 3.54. The van der Waals surface area contributed by atoms with Gasteiger partial charge in [0.2, 0.25) is 0 Å². The Morgan fingerprint density at radius 3 is 2.65 bits per heavy atom. The highest BCUT2D eigenvalue weighted by Gasteiger charge is 2.08. The summed E-state index contributed by atoms with van der Waals surface area (Å²) in [5.41, 5.74) is 1.83. The summed E-state index contributed by atoms with van der Waals surface area (Å²) < 4.78 is 0. The molecule has 0 spiro atoms. The van der Waals surface area contributed by atoms with Gasteiger partial charge in [-0.2, -0.15) is 5.26 Å². The lowest BCUT2D eigenvalue weighted by Crippen LogP contribution is -2.19. The monoisotopic (exact) mass is 224 g/mol. The summed E-state index contributed by atoms with van der Waals surface area (Å²) in [4.78, 5) is 8.13. The Balaban J connectivity index is 2.01. The van der Waals surface area contributed by atoms with Gasteiger partial charge >= 0.3 is 0 Å². The summed E-state index contributed by atoms with van der Waals surface area (Å²) in [6, 6.07) is 11.3. The molecule has 1 atom stereocenters. The Hall–Kier alpha value is -2.25. The fourth-order valence-corrected chi connectivity index (χ4v) is 1.50. The number of aromatic nitrogens is 2. The zero-order valence-electron chi connectivity index (χ0n) is 9.24. The van der Waals surface area contributed by atoms with Crippen LogP contribution in [0.3, 0.4) is 0 Å². The SMILES string of the molecule is N#CC(NCc1ccccn1)c1ccncc1. The molecule has 2 aromatic heterocycles. The molecule has 2 aromatic rings. The number of hydrogen-bond donors (Lipinski definition) is 1. The Morgan fingerprint density at radius 2 is 2.00 bits per heavy atom. The lowest BCUT2D eigenvalue weighted by atomic mass is 10.1. The lowest BCUT2D eigenvalue weighted by Gasteiger charge is -2.10. The van der Waals surface area contributed by atoms with Crippen LogP contribution in [-0.4, -0.2) is 9.97 Å². The van der Waals surface area contributed by atoms with Crippen LogP contribution in [0.1, 0.15) is 17.3 Å². The van der Waals surface area contributed by atoms with Crippen LogP contribution in [0.15, 0.2) is 48.9 Å². The summed E-state index contributed by atoms with van der Waals surface area (Å²) in [6.07, 6.45) is 5.11. The molecule has 2 heterocycles. The second-order valence-electron chi connectivity index (χ2n) is 3.54. The van der Waals surface area contributed by atoms with Gasteiger partial charge in [-0.1, -0.05) is 6.07 Å². The second kappa shape index (κ2) is 5.73. The zero-order chi connectivity index (χ0) is 11.9. The molecule has 0 fully saturated rings. The van der Waals surface area contributed by atoms with E-state index in [4.69, 9.17) is 5.26 Å². The van der Waals surface area contributed by atoms with Gasteiger partial charge in [0.1, 0.15) is 6.04 Å². The largest absolute Gasteiger partial charge is 0.293 e. The minimum Gasteiger partial charge on any atom is -0.293 e. The minimum atomic E-state index is -0.333. The van der Waals surface area contributed by atoms with E-state index in [0.29, 0.717) is 6.54 Å². The van der Waals surface area contributed by atoms with Crippen molar-refractivity contribution in [2.75, 3.05) is 0 Å². The van der Waals surface area contributed by atoms with E-state index in [2.05, 4.69) is 21.4 Å². The van der Waals surface area contributed by atoms with Gasteiger partial charge in [0.25, 0.3) is 0 Å². The molecule has 0 saturated heterocycles. The summed E-state index contributed by atoms with van der Waals surface area (Å²) in [7, 11) is 0. The van der Waals surface area contributed by atoms with Crippen molar-refractivity contribution in [1.29, 1.82) is 5.26 Å². The Morgan fingerprint density at radius 1 is 1.18 bits per heavy atom. The van der Waals surface area contributed by atoms with Crippen LogP contribution < -0.4 is 5.32 Å². The summed E-state index contributed by atoms with van der Waals surface area (Å²) in [5, 5.41) is 12.3. The summed E-state index contributed by atoms with van der Waals surface area (Å²) >= 11 is 0. The Bertz CT molecular complexity index is 490. The maximum absolute atomic E-state index is 9.10. The first kappa shape index (κ1) is 11.2. The molecule has 0 aliphatic heterocycles. The maximum atomic E-state index is 9.10. The summed E-state index contributed by atoms with van der Waals surface area (Å²) in [5.74, 6) is 0. The van der Waals surface area contributed by atoms with Gasteiger partial charge in [0.15, 0.2) is 0 Å². The Kier molecular flexibility index (Phi) is 3.79. The van der Waals surface area contributed by atoms with E-state index in [9.17, 15) is 0 Å². The van der Waals surface area contributed by atoms with E-state index in [1.165, 1.54) is 0 Å². The van der Waals surface area contributed by atoms with Gasteiger partial charge in [-0.05, 0) is 29.8 Å². The van der Waals surface area contributed by atoms with E-state index in [0.717, 1.165) is 11.3 Å². The highest BCUT2D eigenvalue weighted by atomic mass is 14.9. The third-order valence-electron chi connectivity index (χ3n) is 2.38. The predicted octanol–water partition coefficient (Wildman–Crippen LogP) is 1.83. The van der Waals surface area contributed by atoms with Gasteiger partial charge < -0.3 is 0 Å². The number of rotatable bonds is 4. The fourth-order valence-electron chi connectivity index (χ4n) is 1.50. The van der Waals surface area contributed by atoms with Crippen molar-refractivity contribution in [2.45, 2.75) is 12.6 Å². The minimum absolute atomic E-state index is 0.333. The molecular weight excluding hydrogens is 212 g/mol. The fraction of sp³-hybridized carbons (Fsp3) is 0.154. The van der Waals surface area contributed by atoms with Gasteiger partial charge in [0, 0.05) is 25.1 Å². The molecule has 0 aromatic carbocycles. The van der Waals surface area contributed by atoms with Crippen LogP contribution in [-0.2, 0) is 6.54 Å². The first-order chi connectivity index (χ1) is 8.40. The highest BCUT2D eigenvalue weighted by molar-refractivity contribution is 5.21. The molecule has 2 rings (SSSR count). The van der Waals surface area contributed by atoms with E-state index in [1.807, 2.05) is 30.3 Å². The molecular formula is C13H12N4. The Labute approximate surface area is 100.0 Å². The molecule has 0 aliphatic rings. The number of nitrogens with one attached hydrogen (secondary N) is 1. The van der Waals surface area contributed by atoms with Crippen LogP contribution in [0.2, 0.25) is 0 Å². The van der Waals surface area contributed by atoms with Crippen LogP contribution in [0.4, 0.5) is 0 Å². The summed E-state index contributed by atoms with van der Waals surface area (Å²) in [6.45, 7) is 0.571. The number of nitrogens with zero attached hydrogens (tertiary/aromatic N) is 3. The predicted molar refractivity (Wildman–Crippen MR) is 63.7 cm³/mol. The van der Waals surface area contributed by atoms with Gasteiger partial charge in [-0.25, -0.2) is 0 Å². The number of nitriles is 1. The molecule has 1 unspecified atom stereocenters. The zero-order valence-corrected chi connectivity index (χ0v) is 9.24. The molecule has 0 amide bonds. The average Bonchev–Trinajstić information content (AvgIpc) is 2.42. The highest BCUT2D eigenvalue weighted by Crippen LogP contribution is 2.10. The van der Waals surface area contributed by atoms with Gasteiger partial charge in [-0.15, -0.1) is 0 Å². The standard InChI is InChI=1S/C13H12N4/c14-9-13(11-4-7-15-8-5-11)17-10-12-3-1-2-6-16-12/h1-8,13,17H,10H2. The van der Waals surface area contributed by atoms with Gasteiger partial charge in [-0.3, -0.25) is 15.3 Å². The van der Waals surface area contributed by atoms with E-state index in [-0.39, 0.29) is 6.04 Å². The molecule has 1 N–H and O–H groups in total. The van der Waals surface area contributed by atoms with Crippen molar-refractivity contribution in [3.8, 4) is 6.07 Å². The van der Waals surface area contributed by atoms with E-state index < -0.39 is 0 Å². The first-order valence-electron chi connectivity index (χ1n) is 5.33. The van der Waals surface area contributed by atoms with Crippen LogP contribution in [0.5, 0.6) is 0 Å². The molecule has 4 heteroatoms. The maximum Gasteiger partial charge on any atom is 0.121 e. The number of pyridine rings is 2. The van der Waals surface area contributed by atoms with Crippen molar-refractivity contribution in [3.05, 3.63) is 60.2 Å².